The highest BCUT2D eigenvalue weighted by atomic mass is 32.2. The smallest absolute Gasteiger partial charge is 0.191 e. The van der Waals surface area contributed by atoms with E-state index in [9.17, 15) is 0 Å². The van der Waals surface area contributed by atoms with Crippen LogP contribution < -0.4 is 10.6 Å². The van der Waals surface area contributed by atoms with Crippen LogP contribution in [-0.4, -0.2) is 42.6 Å². The Kier molecular flexibility index (Phi) is 8.55. The molecule has 0 saturated carbocycles. The van der Waals surface area contributed by atoms with Crippen molar-refractivity contribution in [2.24, 2.45) is 4.99 Å². The van der Waals surface area contributed by atoms with Crippen molar-refractivity contribution in [1.82, 2.24) is 15.6 Å². The number of hydrogen-bond donors (Lipinski definition) is 2. The molecule has 1 aromatic rings. The Balaban J connectivity index is 2.13. The molecule has 0 bridgehead atoms. The highest BCUT2D eigenvalue weighted by molar-refractivity contribution is 7.99. The van der Waals surface area contributed by atoms with Crippen LogP contribution in [0.1, 0.15) is 5.69 Å². The maximum Gasteiger partial charge on any atom is 0.191 e. The van der Waals surface area contributed by atoms with Crippen molar-refractivity contribution in [3.8, 4) is 0 Å². The molecule has 0 fully saturated rings. The molecule has 0 unspecified atom stereocenters. The van der Waals surface area contributed by atoms with Crippen molar-refractivity contribution >= 4 is 17.7 Å². The van der Waals surface area contributed by atoms with E-state index in [1.807, 2.05) is 42.2 Å². The maximum absolute atomic E-state index is 4.28. The molecule has 104 valence electrons. The van der Waals surface area contributed by atoms with Gasteiger partial charge in [-0.3, -0.25) is 9.98 Å². The molecule has 0 saturated heterocycles. The summed E-state index contributed by atoms with van der Waals surface area (Å²) >= 11 is 1.85. The minimum absolute atomic E-state index is 0.830. The van der Waals surface area contributed by atoms with Crippen LogP contribution in [-0.2, 0) is 6.42 Å². The molecule has 19 heavy (non-hydrogen) atoms. The second kappa shape index (κ2) is 10.4. The molecular formula is C14H22N4S. The Hall–Kier alpha value is -1.49. The molecular weight excluding hydrogens is 256 g/mol. The summed E-state index contributed by atoms with van der Waals surface area (Å²) in [7, 11) is 1.78. The molecule has 0 aliphatic rings. The third-order valence-electron chi connectivity index (χ3n) is 2.40. The van der Waals surface area contributed by atoms with E-state index >= 15 is 0 Å². The zero-order chi connectivity index (χ0) is 13.8. The summed E-state index contributed by atoms with van der Waals surface area (Å²) in [5.74, 6) is 2.88. The van der Waals surface area contributed by atoms with Crippen LogP contribution in [0.2, 0.25) is 0 Å². The first-order chi connectivity index (χ1) is 9.36. The first kappa shape index (κ1) is 15.6. The van der Waals surface area contributed by atoms with E-state index < -0.39 is 0 Å². The fraction of sp³-hybridized carbons (Fsp3) is 0.429. The first-order valence-electron chi connectivity index (χ1n) is 6.40. The number of guanidine groups is 1. The van der Waals surface area contributed by atoms with Crippen LogP contribution in [0, 0.1) is 0 Å². The van der Waals surface area contributed by atoms with E-state index in [-0.39, 0.29) is 0 Å². The van der Waals surface area contributed by atoms with Gasteiger partial charge in [0, 0.05) is 50.0 Å². The van der Waals surface area contributed by atoms with E-state index in [4.69, 9.17) is 0 Å². The van der Waals surface area contributed by atoms with E-state index in [2.05, 4.69) is 27.2 Å². The van der Waals surface area contributed by atoms with Gasteiger partial charge in [-0.2, -0.15) is 11.8 Å². The van der Waals surface area contributed by atoms with Gasteiger partial charge >= 0.3 is 0 Å². The van der Waals surface area contributed by atoms with Crippen molar-refractivity contribution in [1.29, 1.82) is 0 Å². The average molecular weight is 278 g/mol. The highest BCUT2D eigenvalue weighted by Gasteiger charge is 1.97. The van der Waals surface area contributed by atoms with Crippen LogP contribution >= 0.6 is 11.8 Å². The molecule has 0 atom stereocenters. The van der Waals surface area contributed by atoms with Crippen molar-refractivity contribution < 1.29 is 0 Å². The Labute approximate surface area is 119 Å². The van der Waals surface area contributed by atoms with Gasteiger partial charge in [0.2, 0.25) is 0 Å². The number of rotatable bonds is 8. The molecule has 0 amide bonds. The fourth-order valence-corrected chi connectivity index (χ4v) is 2.06. The molecule has 4 nitrogen and oxygen atoms in total. The monoisotopic (exact) mass is 278 g/mol. The number of thioether (sulfide) groups is 1. The Morgan fingerprint density at radius 1 is 1.42 bits per heavy atom. The summed E-state index contributed by atoms with van der Waals surface area (Å²) in [6, 6.07) is 5.97. The number of nitrogens with zero attached hydrogens (tertiary/aromatic N) is 2. The van der Waals surface area contributed by atoms with Gasteiger partial charge in [0.15, 0.2) is 5.96 Å². The summed E-state index contributed by atoms with van der Waals surface area (Å²) < 4.78 is 0. The van der Waals surface area contributed by atoms with E-state index in [1.165, 1.54) is 0 Å². The van der Waals surface area contributed by atoms with Crippen LogP contribution in [0.3, 0.4) is 0 Å². The Morgan fingerprint density at radius 3 is 2.95 bits per heavy atom. The quantitative estimate of drug-likeness (QED) is 0.329. The fourth-order valence-electron chi connectivity index (χ4n) is 1.48. The molecule has 0 aromatic carbocycles. The van der Waals surface area contributed by atoms with E-state index in [1.54, 1.807) is 7.05 Å². The van der Waals surface area contributed by atoms with Crippen molar-refractivity contribution in [3.05, 3.63) is 42.7 Å². The van der Waals surface area contributed by atoms with Crippen LogP contribution in [0.4, 0.5) is 0 Å². The van der Waals surface area contributed by atoms with Gasteiger partial charge in [-0.1, -0.05) is 12.1 Å². The van der Waals surface area contributed by atoms with Gasteiger partial charge < -0.3 is 10.6 Å². The summed E-state index contributed by atoms with van der Waals surface area (Å²) in [5.41, 5.74) is 1.09. The average Bonchev–Trinajstić information content (AvgIpc) is 2.46. The van der Waals surface area contributed by atoms with E-state index in [0.717, 1.165) is 42.7 Å². The Morgan fingerprint density at radius 2 is 2.26 bits per heavy atom. The lowest BCUT2D eigenvalue weighted by atomic mass is 10.3. The lowest BCUT2D eigenvalue weighted by Gasteiger charge is -2.11. The molecule has 0 aliphatic heterocycles. The zero-order valence-corrected chi connectivity index (χ0v) is 12.2. The van der Waals surface area contributed by atoms with Gasteiger partial charge in [0.05, 0.1) is 0 Å². The molecule has 1 aromatic heterocycles. The van der Waals surface area contributed by atoms with E-state index in [0.29, 0.717) is 0 Å². The molecule has 0 radical (unpaired) electrons. The van der Waals surface area contributed by atoms with Crippen molar-refractivity contribution in [2.45, 2.75) is 6.42 Å². The van der Waals surface area contributed by atoms with Crippen molar-refractivity contribution in [2.75, 3.05) is 31.6 Å². The summed E-state index contributed by atoms with van der Waals surface area (Å²) in [4.78, 5) is 8.47. The minimum Gasteiger partial charge on any atom is -0.356 e. The predicted molar refractivity (Wildman–Crippen MR) is 84.8 cm³/mol. The van der Waals surface area contributed by atoms with Gasteiger partial charge in [0.1, 0.15) is 0 Å². The molecule has 1 rings (SSSR count). The minimum atomic E-state index is 0.830. The topological polar surface area (TPSA) is 49.3 Å². The number of aliphatic imine (C=N–C) groups is 1. The number of pyridine rings is 1. The molecule has 2 N–H and O–H groups in total. The molecule has 0 aliphatic carbocycles. The Bertz CT molecular complexity index is 378. The lowest BCUT2D eigenvalue weighted by Crippen LogP contribution is -2.39. The number of aromatic nitrogens is 1. The first-order valence-corrected chi connectivity index (χ1v) is 7.55. The maximum atomic E-state index is 4.28. The summed E-state index contributed by atoms with van der Waals surface area (Å²) in [6.07, 6.45) is 4.64. The molecule has 0 spiro atoms. The summed E-state index contributed by atoms with van der Waals surface area (Å²) in [5, 5.41) is 6.56. The van der Waals surface area contributed by atoms with Crippen LogP contribution in [0.15, 0.2) is 42.0 Å². The molecule has 5 heteroatoms. The molecule has 1 heterocycles. The third kappa shape index (κ3) is 7.51. The van der Waals surface area contributed by atoms with Gasteiger partial charge in [0.25, 0.3) is 0 Å². The third-order valence-corrected chi connectivity index (χ3v) is 3.36. The van der Waals surface area contributed by atoms with Gasteiger partial charge in [-0.15, -0.1) is 6.58 Å². The summed E-state index contributed by atoms with van der Waals surface area (Å²) in [6.45, 7) is 5.43. The standard InChI is InChI=1S/C14H22N4S/c1-3-11-19-12-10-18-14(15-2)17-9-7-13-6-4-5-8-16-13/h3-6,8H,1,7,9-12H2,2H3,(H2,15,17,18). The lowest BCUT2D eigenvalue weighted by molar-refractivity contribution is 0.798. The largest absolute Gasteiger partial charge is 0.356 e. The highest BCUT2D eigenvalue weighted by Crippen LogP contribution is 1.97. The second-order valence-corrected chi connectivity index (χ2v) is 5.01. The SMILES string of the molecule is C=CCSCCNC(=NC)NCCc1ccccn1. The number of nitrogens with one attached hydrogen (secondary N) is 2. The van der Waals surface area contributed by atoms with Crippen LogP contribution in [0.25, 0.3) is 0 Å². The van der Waals surface area contributed by atoms with Gasteiger partial charge in [-0.25, -0.2) is 0 Å². The second-order valence-electron chi connectivity index (χ2n) is 3.86. The number of hydrogen-bond acceptors (Lipinski definition) is 3. The van der Waals surface area contributed by atoms with Gasteiger partial charge in [-0.05, 0) is 12.1 Å². The van der Waals surface area contributed by atoms with Crippen LogP contribution in [0.5, 0.6) is 0 Å². The normalized spacial score (nSPS) is 11.1. The van der Waals surface area contributed by atoms with Crippen molar-refractivity contribution in [3.63, 3.8) is 0 Å². The predicted octanol–water partition coefficient (Wildman–Crippen LogP) is 1.71. The zero-order valence-electron chi connectivity index (χ0n) is 11.4.